The minimum Gasteiger partial charge on any atom is -0.424 e. The van der Waals surface area contributed by atoms with Gasteiger partial charge in [0.2, 0.25) is 11.8 Å². The Hall–Kier alpha value is -2.56. The Morgan fingerprint density at radius 2 is 1.08 bits per heavy atom. The van der Waals surface area contributed by atoms with Gasteiger partial charge in [0, 0.05) is 0 Å². The van der Waals surface area contributed by atoms with E-state index >= 15 is 0 Å². The molecule has 0 aliphatic carbocycles. The van der Waals surface area contributed by atoms with E-state index in [4.69, 9.17) is 4.42 Å². The minimum atomic E-state index is -0.271. The van der Waals surface area contributed by atoms with Crippen LogP contribution in [0.15, 0.2) is 52.9 Å². The van der Waals surface area contributed by atoms with Crippen LogP contribution in [0.1, 0.15) is 61.4 Å². The zero-order valence-corrected chi connectivity index (χ0v) is 14.2. The zero-order chi connectivity index (χ0) is 17.8. The van der Waals surface area contributed by atoms with Gasteiger partial charge in [0.1, 0.15) is 11.6 Å². The fourth-order valence-electron chi connectivity index (χ4n) is 3.02. The van der Waals surface area contributed by atoms with Crippen LogP contribution in [0.3, 0.4) is 0 Å². The summed E-state index contributed by atoms with van der Waals surface area (Å²) in [4.78, 5) is 0. The second-order valence-corrected chi connectivity index (χ2v) is 6.00. The summed E-state index contributed by atoms with van der Waals surface area (Å²) >= 11 is 0. The van der Waals surface area contributed by atoms with Crippen molar-refractivity contribution < 1.29 is 13.2 Å². The van der Waals surface area contributed by atoms with Crippen molar-refractivity contribution in [3.63, 3.8) is 0 Å². The third kappa shape index (κ3) is 3.76. The summed E-state index contributed by atoms with van der Waals surface area (Å²) in [6.07, 6.45) is 1.53. The number of rotatable bonds is 6. The van der Waals surface area contributed by atoms with Gasteiger partial charge in [-0.25, -0.2) is 8.78 Å². The highest BCUT2D eigenvalue weighted by Crippen LogP contribution is 2.31. The van der Waals surface area contributed by atoms with Gasteiger partial charge in [0.15, 0.2) is 0 Å². The normalized spacial score (nSPS) is 13.6. The highest BCUT2D eigenvalue weighted by atomic mass is 19.1. The van der Waals surface area contributed by atoms with E-state index in [9.17, 15) is 8.78 Å². The lowest BCUT2D eigenvalue weighted by molar-refractivity contribution is 0.410. The molecule has 1 aromatic heterocycles. The molecule has 0 bridgehead atoms. The van der Waals surface area contributed by atoms with E-state index in [1.54, 1.807) is 24.3 Å². The Kier molecular flexibility index (Phi) is 5.22. The van der Waals surface area contributed by atoms with Crippen LogP contribution in [0, 0.1) is 11.6 Å². The highest BCUT2D eigenvalue weighted by Gasteiger charge is 2.23. The summed E-state index contributed by atoms with van der Waals surface area (Å²) in [6.45, 7) is 4.05. The molecule has 0 aliphatic rings. The van der Waals surface area contributed by atoms with Gasteiger partial charge in [0.25, 0.3) is 0 Å². The summed E-state index contributed by atoms with van der Waals surface area (Å²) in [5.74, 6) is 0.342. The van der Waals surface area contributed by atoms with Gasteiger partial charge < -0.3 is 4.42 Å². The van der Waals surface area contributed by atoms with Crippen LogP contribution in [-0.2, 0) is 0 Å². The van der Waals surface area contributed by atoms with Crippen LogP contribution in [0.2, 0.25) is 0 Å². The molecule has 0 radical (unpaired) electrons. The average molecular weight is 342 g/mol. The summed E-state index contributed by atoms with van der Waals surface area (Å²) in [7, 11) is 0. The second kappa shape index (κ2) is 7.55. The first-order valence-electron chi connectivity index (χ1n) is 8.46. The van der Waals surface area contributed by atoms with Crippen LogP contribution < -0.4 is 0 Å². The van der Waals surface area contributed by atoms with Crippen LogP contribution in [0.25, 0.3) is 0 Å². The maximum atomic E-state index is 13.2. The minimum absolute atomic E-state index is 0.0763. The van der Waals surface area contributed by atoms with Gasteiger partial charge in [0.05, 0.1) is 11.8 Å². The molecule has 3 aromatic rings. The van der Waals surface area contributed by atoms with E-state index in [2.05, 4.69) is 10.2 Å². The molecule has 0 aliphatic heterocycles. The number of halogens is 2. The quantitative estimate of drug-likeness (QED) is 0.599. The molecule has 2 aromatic carbocycles. The van der Waals surface area contributed by atoms with Crippen molar-refractivity contribution in [2.75, 3.05) is 0 Å². The summed E-state index contributed by atoms with van der Waals surface area (Å²) in [5.41, 5.74) is 1.88. The van der Waals surface area contributed by atoms with Gasteiger partial charge in [-0.3, -0.25) is 0 Å². The zero-order valence-electron chi connectivity index (χ0n) is 14.2. The topological polar surface area (TPSA) is 38.9 Å². The molecule has 0 amide bonds. The number of hydrogen-bond donors (Lipinski definition) is 0. The first-order chi connectivity index (χ1) is 12.1. The molecule has 0 fully saturated rings. The van der Waals surface area contributed by atoms with Crippen LogP contribution >= 0.6 is 0 Å². The Morgan fingerprint density at radius 3 is 1.40 bits per heavy atom. The molecule has 0 N–H and O–H groups in total. The number of hydrogen-bond acceptors (Lipinski definition) is 3. The van der Waals surface area contributed by atoms with Crippen molar-refractivity contribution in [2.45, 2.75) is 38.5 Å². The highest BCUT2D eigenvalue weighted by molar-refractivity contribution is 5.27. The third-order valence-corrected chi connectivity index (χ3v) is 4.41. The van der Waals surface area contributed by atoms with E-state index in [1.807, 2.05) is 13.8 Å². The molecule has 0 spiro atoms. The van der Waals surface area contributed by atoms with Gasteiger partial charge in [-0.05, 0) is 48.2 Å². The summed E-state index contributed by atoms with van der Waals surface area (Å²) in [6, 6.07) is 12.7. The Balaban J connectivity index is 1.89. The van der Waals surface area contributed by atoms with Crippen LogP contribution in [0.4, 0.5) is 8.78 Å². The fourth-order valence-corrected chi connectivity index (χ4v) is 3.02. The smallest absolute Gasteiger partial charge is 0.224 e. The number of nitrogens with zero attached hydrogens (tertiary/aromatic N) is 2. The Bertz CT molecular complexity index is 744. The fraction of sp³-hybridized carbons (Fsp3) is 0.300. The lowest BCUT2D eigenvalue weighted by Crippen LogP contribution is -2.01. The SMILES string of the molecule is CCC(c1ccc(F)cc1)c1nnc(C(CC)c2ccc(F)cc2)o1. The second-order valence-electron chi connectivity index (χ2n) is 6.00. The van der Waals surface area contributed by atoms with E-state index in [-0.39, 0.29) is 23.5 Å². The van der Waals surface area contributed by atoms with Gasteiger partial charge >= 0.3 is 0 Å². The Morgan fingerprint density at radius 1 is 0.720 bits per heavy atom. The molecular formula is C20H20F2N2O. The van der Waals surface area contributed by atoms with Crippen molar-refractivity contribution >= 4 is 0 Å². The van der Waals surface area contributed by atoms with Gasteiger partial charge in [-0.15, -0.1) is 10.2 Å². The largest absolute Gasteiger partial charge is 0.424 e. The lowest BCUT2D eigenvalue weighted by atomic mass is 9.96. The molecule has 0 saturated heterocycles. The average Bonchev–Trinajstić information content (AvgIpc) is 3.09. The van der Waals surface area contributed by atoms with E-state index in [1.165, 1.54) is 24.3 Å². The molecule has 2 atom stereocenters. The molecule has 5 heteroatoms. The number of aromatic nitrogens is 2. The van der Waals surface area contributed by atoms with Gasteiger partial charge in [-0.1, -0.05) is 38.1 Å². The predicted octanol–water partition coefficient (Wildman–Crippen LogP) is 5.43. The van der Waals surface area contributed by atoms with E-state index in [0.29, 0.717) is 11.8 Å². The molecule has 1 heterocycles. The maximum absolute atomic E-state index is 13.2. The summed E-state index contributed by atoms with van der Waals surface area (Å²) in [5, 5.41) is 8.43. The third-order valence-electron chi connectivity index (χ3n) is 4.41. The lowest BCUT2D eigenvalue weighted by Gasteiger charge is -2.12. The van der Waals surface area contributed by atoms with Crippen molar-refractivity contribution in [1.82, 2.24) is 10.2 Å². The molecule has 3 rings (SSSR count). The van der Waals surface area contributed by atoms with Crippen molar-refractivity contribution in [3.8, 4) is 0 Å². The van der Waals surface area contributed by atoms with Crippen molar-refractivity contribution in [1.29, 1.82) is 0 Å². The first kappa shape index (κ1) is 17.3. The van der Waals surface area contributed by atoms with E-state index in [0.717, 1.165) is 24.0 Å². The standard InChI is InChI=1S/C20H20F2N2O/c1-3-17(13-5-9-15(21)10-6-13)19-23-24-20(25-19)18(4-2)14-7-11-16(22)12-8-14/h5-12,17-18H,3-4H2,1-2H3. The molecule has 0 saturated carbocycles. The molecule has 25 heavy (non-hydrogen) atoms. The predicted molar refractivity (Wildman–Crippen MR) is 91.4 cm³/mol. The van der Waals surface area contributed by atoms with Crippen molar-refractivity contribution in [2.24, 2.45) is 0 Å². The van der Waals surface area contributed by atoms with Gasteiger partial charge in [-0.2, -0.15) is 0 Å². The first-order valence-corrected chi connectivity index (χ1v) is 8.46. The molecule has 2 unspecified atom stereocenters. The maximum Gasteiger partial charge on any atom is 0.224 e. The molecule has 3 nitrogen and oxygen atoms in total. The van der Waals surface area contributed by atoms with Crippen LogP contribution in [-0.4, -0.2) is 10.2 Å². The molecular weight excluding hydrogens is 322 g/mol. The Labute approximate surface area is 145 Å². The van der Waals surface area contributed by atoms with Crippen LogP contribution in [0.5, 0.6) is 0 Å². The monoisotopic (exact) mass is 342 g/mol. The number of benzene rings is 2. The summed E-state index contributed by atoms with van der Waals surface area (Å²) < 4.78 is 32.2. The van der Waals surface area contributed by atoms with Crippen molar-refractivity contribution in [3.05, 3.63) is 83.1 Å². The molecule has 130 valence electrons. The van der Waals surface area contributed by atoms with E-state index < -0.39 is 0 Å².